The molecule has 1 amide bonds. The van der Waals surface area contributed by atoms with Crippen LogP contribution in [0.5, 0.6) is 5.75 Å². The van der Waals surface area contributed by atoms with E-state index in [4.69, 9.17) is 8.85 Å². The van der Waals surface area contributed by atoms with Gasteiger partial charge in [-0.3, -0.25) is 9.48 Å². The van der Waals surface area contributed by atoms with Gasteiger partial charge in [0.2, 0.25) is 5.91 Å². The van der Waals surface area contributed by atoms with Crippen LogP contribution in [0, 0.1) is 0 Å². The van der Waals surface area contributed by atoms with Gasteiger partial charge in [-0.25, -0.2) is 0 Å². The summed E-state index contributed by atoms with van der Waals surface area (Å²) in [6, 6.07) is 8.86. The van der Waals surface area contributed by atoms with Crippen molar-refractivity contribution in [2.45, 2.75) is 6.42 Å². The third-order valence-electron chi connectivity index (χ3n) is 4.67. The maximum atomic E-state index is 12.3. The number of aromatic nitrogens is 7. The Labute approximate surface area is 194 Å². The van der Waals surface area contributed by atoms with Crippen LogP contribution in [0.3, 0.4) is 0 Å². The number of aryl methyl sites for hydroxylation is 2. The van der Waals surface area contributed by atoms with Crippen LogP contribution in [0.2, 0.25) is 0 Å². The summed E-state index contributed by atoms with van der Waals surface area (Å²) in [6.07, 6.45) is 3.07. The highest BCUT2D eigenvalue weighted by Crippen LogP contribution is 2.37. The summed E-state index contributed by atoms with van der Waals surface area (Å²) in [4.78, 5) is 13.8. The Morgan fingerprint density at radius 2 is 2.00 bits per heavy atom. The van der Waals surface area contributed by atoms with Crippen LogP contribution < -0.4 is 20.7 Å². The molecule has 0 aliphatic carbocycles. The lowest BCUT2D eigenvalue weighted by Gasteiger charge is -2.16. The van der Waals surface area contributed by atoms with Crippen molar-refractivity contribution >= 4 is 28.9 Å². The van der Waals surface area contributed by atoms with E-state index in [2.05, 4.69) is 36.1 Å². The SMILES string of the molecule is [2H]C([2H])([2H])NC(=O)Cc1nnc(Nc2ccn(C)n2)cc1Nc1cccc(-c2cnn(C)n2)c1OC. The van der Waals surface area contributed by atoms with E-state index in [0.717, 1.165) is 0 Å². The predicted octanol–water partition coefficient (Wildman–Crippen LogP) is 1.79. The maximum Gasteiger partial charge on any atom is 0.225 e. The van der Waals surface area contributed by atoms with Gasteiger partial charge in [-0.2, -0.15) is 25.2 Å². The molecule has 0 aliphatic heterocycles. The molecule has 0 spiro atoms. The molecule has 3 heterocycles. The van der Waals surface area contributed by atoms with Crippen LogP contribution in [-0.2, 0) is 25.3 Å². The van der Waals surface area contributed by atoms with Gasteiger partial charge in [0.1, 0.15) is 5.69 Å². The van der Waals surface area contributed by atoms with E-state index in [-0.39, 0.29) is 12.1 Å². The van der Waals surface area contributed by atoms with Crippen molar-refractivity contribution in [2.24, 2.45) is 14.1 Å². The monoisotopic (exact) mass is 451 g/mol. The summed E-state index contributed by atoms with van der Waals surface area (Å²) in [5, 5.41) is 29.3. The minimum Gasteiger partial charge on any atom is -0.494 e. The second-order valence-electron chi connectivity index (χ2n) is 7.05. The lowest BCUT2D eigenvalue weighted by Crippen LogP contribution is -2.21. The van der Waals surface area contributed by atoms with Crippen molar-refractivity contribution in [3.05, 3.63) is 48.4 Å². The Hall–Kier alpha value is -4.48. The molecule has 0 saturated heterocycles. The number of nitrogens with zero attached hydrogens (tertiary/aromatic N) is 7. The van der Waals surface area contributed by atoms with Crippen molar-refractivity contribution in [1.82, 2.24) is 40.3 Å². The Morgan fingerprint density at radius 1 is 1.12 bits per heavy atom. The third-order valence-corrected chi connectivity index (χ3v) is 4.67. The number of methoxy groups -OCH3 is 1. The molecule has 1 aromatic carbocycles. The first-order valence-corrected chi connectivity index (χ1v) is 9.86. The number of amides is 1. The quantitative estimate of drug-likeness (QED) is 0.366. The number of nitrogens with one attached hydrogen (secondary N) is 3. The van der Waals surface area contributed by atoms with E-state index in [1.54, 1.807) is 49.4 Å². The van der Waals surface area contributed by atoms with Crippen LogP contribution in [0.15, 0.2) is 42.7 Å². The van der Waals surface area contributed by atoms with Crippen molar-refractivity contribution in [3.8, 4) is 17.0 Å². The Bertz CT molecular complexity index is 1380. The summed E-state index contributed by atoms with van der Waals surface area (Å²) >= 11 is 0. The normalized spacial score (nSPS) is 12.4. The zero-order chi connectivity index (χ0) is 25.9. The van der Waals surface area contributed by atoms with Crippen LogP contribution in [0.25, 0.3) is 11.3 Å². The van der Waals surface area contributed by atoms with Gasteiger partial charge in [0.15, 0.2) is 17.4 Å². The lowest BCUT2D eigenvalue weighted by molar-refractivity contribution is -0.120. The molecular weight excluding hydrogens is 424 g/mol. The molecule has 4 aromatic rings. The molecule has 3 aromatic heterocycles. The van der Waals surface area contributed by atoms with Gasteiger partial charge in [-0.05, 0) is 12.1 Å². The first-order chi connectivity index (χ1) is 17.1. The van der Waals surface area contributed by atoms with Gasteiger partial charge in [-0.15, -0.1) is 5.10 Å². The van der Waals surface area contributed by atoms with Crippen LogP contribution in [0.1, 0.15) is 9.81 Å². The standard InChI is InChI=1S/C21H24N10O2/c1-22-20(32)11-16-15(10-19(27-26-16)25-18-8-9-30(2)29-18)24-14-7-5-6-13(21(14)33-4)17-12-23-31(3)28-17/h5-10,12H,11H2,1-4H3,(H,22,32)(H2,24,25,27,29)/i1D3. The first-order valence-electron chi connectivity index (χ1n) is 11.4. The largest absolute Gasteiger partial charge is 0.494 e. The summed E-state index contributed by atoms with van der Waals surface area (Å²) in [5.41, 5.74) is 2.52. The van der Waals surface area contributed by atoms with Gasteiger partial charge in [0.25, 0.3) is 0 Å². The van der Waals surface area contributed by atoms with E-state index in [1.807, 2.05) is 17.4 Å². The summed E-state index contributed by atoms with van der Waals surface area (Å²) in [5.74, 6) is 0.679. The number of benzene rings is 1. The Morgan fingerprint density at radius 3 is 2.70 bits per heavy atom. The van der Waals surface area contributed by atoms with Gasteiger partial charge >= 0.3 is 0 Å². The molecule has 0 atom stereocenters. The highest BCUT2D eigenvalue weighted by atomic mass is 16.5. The second-order valence-corrected chi connectivity index (χ2v) is 7.05. The van der Waals surface area contributed by atoms with E-state index >= 15 is 0 Å². The molecule has 4 rings (SSSR count). The van der Waals surface area contributed by atoms with Crippen LogP contribution in [-0.4, -0.2) is 55.0 Å². The molecule has 33 heavy (non-hydrogen) atoms. The fourth-order valence-electron chi connectivity index (χ4n) is 3.20. The third kappa shape index (κ3) is 4.89. The number of carbonyl (C=O) groups excluding carboxylic acids is 1. The fourth-order valence-corrected chi connectivity index (χ4v) is 3.20. The molecule has 170 valence electrons. The van der Waals surface area contributed by atoms with Gasteiger partial charge < -0.3 is 20.7 Å². The molecule has 0 radical (unpaired) electrons. The number of hydrogen-bond donors (Lipinski definition) is 3. The van der Waals surface area contributed by atoms with Crippen molar-refractivity contribution in [1.29, 1.82) is 0 Å². The number of ether oxygens (including phenoxy) is 1. The zero-order valence-electron chi connectivity index (χ0n) is 21.2. The predicted molar refractivity (Wildman–Crippen MR) is 123 cm³/mol. The van der Waals surface area contributed by atoms with Gasteiger partial charge in [0, 0.05) is 49.1 Å². The van der Waals surface area contributed by atoms with Gasteiger partial charge in [-0.1, -0.05) is 6.07 Å². The molecule has 3 N–H and O–H groups in total. The summed E-state index contributed by atoms with van der Waals surface area (Å²) in [7, 11) is 5.03. The number of carbonyl (C=O) groups is 1. The number of hydrogen-bond acceptors (Lipinski definition) is 9. The number of para-hydroxylation sites is 1. The van der Waals surface area contributed by atoms with Crippen LogP contribution in [0.4, 0.5) is 23.0 Å². The Kier molecular flexibility index (Phi) is 5.13. The summed E-state index contributed by atoms with van der Waals surface area (Å²) < 4.78 is 29.2. The van der Waals surface area contributed by atoms with E-state index in [1.165, 1.54) is 11.9 Å². The maximum absolute atomic E-state index is 12.3. The summed E-state index contributed by atoms with van der Waals surface area (Å²) in [6.45, 7) is -2.62. The molecule has 0 bridgehead atoms. The Balaban J connectivity index is 1.70. The molecular formula is C21H24N10O2. The molecule has 0 fully saturated rings. The highest BCUT2D eigenvalue weighted by Gasteiger charge is 2.17. The number of likely N-dealkylation sites (N-methyl/N-ethyl adjacent to an activating group) is 1. The molecule has 0 saturated carbocycles. The molecule has 12 heteroatoms. The minimum absolute atomic E-state index is 0.232. The second kappa shape index (κ2) is 9.34. The van der Waals surface area contributed by atoms with Gasteiger partial charge in [0.05, 0.1) is 36.8 Å². The molecule has 0 aliphatic rings. The highest BCUT2D eigenvalue weighted by molar-refractivity contribution is 5.83. The first kappa shape index (κ1) is 18.1. The van der Waals surface area contributed by atoms with E-state index < -0.39 is 12.9 Å². The van der Waals surface area contributed by atoms with Crippen molar-refractivity contribution < 1.29 is 13.6 Å². The van der Waals surface area contributed by atoms with Crippen molar-refractivity contribution in [3.63, 3.8) is 0 Å². The average Bonchev–Trinajstić information content (AvgIpc) is 3.41. The van der Waals surface area contributed by atoms with E-state index in [9.17, 15) is 4.79 Å². The molecule has 12 nitrogen and oxygen atoms in total. The van der Waals surface area contributed by atoms with Crippen LogP contribution >= 0.6 is 0 Å². The molecule has 0 unspecified atom stereocenters. The smallest absolute Gasteiger partial charge is 0.225 e. The zero-order valence-corrected chi connectivity index (χ0v) is 18.2. The van der Waals surface area contributed by atoms with E-state index in [0.29, 0.717) is 40.0 Å². The lowest BCUT2D eigenvalue weighted by atomic mass is 10.1. The average molecular weight is 452 g/mol. The number of anilines is 4. The number of rotatable bonds is 8. The minimum atomic E-state index is -2.62. The topological polar surface area (TPSA) is 137 Å². The van der Waals surface area contributed by atoms with Crippen molar-refractivity contribution in [2.75, 3.05) is 24.7 Å². The fraction of sp³-hybridized carbons (Fsp3) is 0.238.